The number of halogens is 1. The van der Waals surface area contributed by atoms with E-state index in [0.717, 1.165) is 5.69 Å². The number of pyridine rings is 1. The molecule has 1 N–H and O–H groups in total. The van der Waals surface area contributed by atoms with Gasteiger partial charge in [0.1, 0.15) is 11.5 Å². The van der Waals surface area contributed by atoms with E-state index >= 15 is 0 Å². The van der Waals surface area contributed by atoms with Gasteiger partial charge in [0.25, 0.3) is 0 Å². The van der Waals surface area contributed by atoms with Crippen LogP contribution in [0, 0.1) is 18.7 Å². The first-order chi connectivity index (χ1) is 16.4. The molecule has 10 heteroatoms. The summed E-state index contributed by atoms with van der Waals surface area (Å²) in [5, 5.41) is 6.68. The van der Waals surface area contributed by atoms with Crippen LogP contribution in [0.15, 0.2) is 58.1 Å². The molecule has 1 amide bonds. The number of sulfonamides is 1. The van der Waals surface area contributed by atoms with Crippen molar-refractivity contribution >= 4 is 28.1 Å². The average molecular weight is 485 g/mol. The monoisotopic (exact) mass is 484 g/mol. The van der Waals surface area contributed by atoms with Crippen molar-refractivity contribution in [2.45, 2.75) is 31.2 Å². The molecular formula is C24H25FN4O4S. The lowest BCUT2D eigenvalue weighted by Gasteiger charge is -2.30. The number of hydrogen-bond donors (Lipinski definition) is 1. The molecule has 1 fully saturated rings. The van der Waals surface area contributed by atoms with Crippen molar-refractivity contribution in [2.75, 3.05) is 13.1 Å². The Hall–Kier alpha value is -3.37. The van der Waals surface area contributed by atoms with Gasteiger partial charge in [0.05, 0.1) is 12.2 Å². The zero-order chi connectivity index (χ0) is 24.1. The van der Waals surface area contributed by atoms with Gasteiger partial charge in [-0.2, -0.15) is 4.31 Å². The van der Waals surface area contributed by atoms with Crippen LogP contribution < -0.4 is 5.32 Å². The van der Waals surface area contributed by atoms with Crippen LogP contribution in [0.25, 0.3) is 12.2 Å². The first-order valence-electron chi connectivity index (χ1n) is 10.9. The number of carbonyl (C=O) groups excluding carboxylic acids is 1. The summed E-state index contributed by atoms with van der Waals surface area (Å²) >= 11 is 0. The number of amides is 1. The topological polar surface area (TPSA) is 105 Å². The lowest BCUT2D eigenvalue weighted by molar-refractivity contribution is -0.126. The van der Waals surface area contributed by atoms with Crippen molar-refractivity contribution in [1.82, 2.24) is 19.8 Å². The molecule has 0 unspecified atom stereocenters. The number of nitrogens with one attached hydrogen (secondary N) is 1. The summed E-state index contributed by atoms with van der Waals surface area (Å²) in [6.07, 6.45) is 5.32. The van der Waals surface area contributed by atoms with E-state index in [4.69, 9.17) is 4.52 Å². The highest BCUT2D eigenvalue weighted by Gasteiger charge is 2.35. The van der Waals surface area contributed by atoms with Crippen molar-refractivity contribution in [1.29, 1.82) is 0 Å². The summed E-state index contributed by atoms with van der Waals surface area (Å²) in [4.78, 5) is 16.7. The molecule has 2 aromatic heterocycles. The summed E-state index contributed by atoms with van der Waals surface area (Å²) in [6.45, 7) is 2.28. The summed E-state index contributed by atoms with van der Waals surface area (Å²) in [6, 6.07) is 11.6. The van der Waals surface area contributed by atoms with E-state index in [-0.39, 0.29) is 41.3 Å². The molecule has 178 valence electrons. The fourth-order valence-electron chi connectivity index (χ4n) is 3.89. The first-order valence-corrected chi connectivity index (χ1v) is 12.4. The van der Waals surface area contributed by atoms with E-state index in [0.29, 0.717) is 24.9 Å². The zero-order valence-corrected chi connectivity index (χ0v) is 19.5. The van der Waals surface area contributed by atoms with Crippen LogP contribution >= 0.6 is 0 Å². The predicted molar refractivity (Wildman–Crippen MR) is 124 cm³/mol. The van der Waals surface area contributed by atoms with Gasteiger partial charge in [-0.25, -0.2) is 12.8 Å². The summed E-state index contributed by atoms with van der Waals surface area (Å²) in [7, 11) is -3.91. The molecular weight excluding hydrogens is 459 g/mol. The van der Waals surface area contributed by atoms with Gasteiger partial charge in [-0.1, -0.05) is 29.4 Å². The standard InChI is InChI=1S/C24H25FN4O4S/c1-17-23(22(33-28-17)10-9-18-6-2-3-8-21(18)25)34(31,32)29-14-11-19(12-15-29)24(30)27-16-20-7-4-5-13-26-20/h2-10,13,19H,11-12,14-16H2,1H3,(H,27,30). The molecule has 4 rings (SSSR count). The average Bonchev–Trinajstić information content (AvgIpc) is 3.23. The fourth-order valence-corrected chi connectivity index (χ4v) is 5.61. The number of carbonyl (C=O) groups is 1. The SMILES string of the molecule is Cc1noc(C=Cc2ccccc2F)c1S(=O)(=O)N1CCC(C(=O)NCc2ccccn2)CC1. The quantitative estimate of drug-likeness (QED) is 0.551. The van der Waals surface area contributed by atoms with E-state index in [1.54, 1.807) is 37.4 Å². The van der Waals surface area contributed by atoms with E-state index in [1.807, 2.05) is 12.1 Å². The number of rotatable bonds is 7. The van der Waals surface area contributed by atoms with Crippen molar-refractivity contribution < 1.29 is 22.1 Å². The van der Waals surface area contributed by atoms with Crippen LogP contribution in [-0.2, 0) is 21.4 Å². The molecule has 1 aliphatic rings. The molecule has 0 aliphatic carbocycles. The van der Waals surface area contributed by atoms with Gasteiger partial charge >= 0.3 is 0 Å². The third-order valence-electron chi connectivity index (χ3n) is 5.75. The second kappa shape index (κ2) is 10.3. The highest BCUT2D eigenvalue weighted by molar-refractivity contribution is 7.89. The normalized spacial score (nSPS) is 15.6. The Morgan fingerprint density at radius 3 is 2.62 bits per heavy atom. The molecule has 0 bridgehead atoms. The highest BCUT2D eigenvalue weighted by Crippen LogP contribution is 2.29. The molecule has 1 aliphatic heterocycles. The second-order valence-electron chi connectivity index (χ2n) is 8.03. The van der Waals surface area contributed by atoms with E-state index < -0.39 is 15.8 Å². The van der Waals surface area contributed by atoms with Crippen LogP contribution in [0.4, 0.5) is 4.39 Å². The Kier molecular flexibility index (Phi) is 7.18. The number of hydrogen-bond acceptors (Lipinski definition) is 6. The summed E-state index contributed by atoms with van der Waals surface area (Å²) in [5.74, 6) is -0.782. The molecule has 1 saturated heterocycles. The smallest absolute Gasteiger partial charge is 0.248 e. The van der Waals surface area contributed by atoms with Crippen molar-refractivity contribution in [3.63, 3.8) is 0 Å². The second-order valence-corrected chi connectivity index (χ2v) is 9.91. The minimum atomic E-state index is -3.91. The van der Waals surface area contributed by atoms with E-state index in [1.165, 1.54) is 22.5 Å². The zero-order valence-electron chi connectivity index (χ0n) is 18.6. The van der Waals surface area contributed by atoms with Gasteiger partial charge in [0.15, 0.2) is 10.7 Å². The van der Waals surface area contributed by atoms with Crippen molar-refractivity contribution in [3.05, 3.63) is 77.2 Å². The van der Waals surface area contributed by atoms with Gasteiger partial charge in [-0.15, -0.1) is 0 Å². The van der Waals surface area contributed by atoms with Crippen molar-refractivity contribution in [3.8, 4) is 0 Å². The molecule has 3 aromatic rings. The van der Waals surface area contributed by atoms with Crippen LogP contribution in [0.2, 0.25) is 0 Å². The van der Waals surface area contributed by atoms with Gasteiger partial charge in [0.2, 0.25) is 15.9 Å². The van der Waals surface area contributed by atoms with E-state index in [9.17, 15) is 17.6 Å². The van der Waals surface area contributed by atoms with Gasteiger partial charge in [-0.3, -0.25) is 9.78 Å². The Morgan fingerprint density at radius 1 is 1.18 bits per heavy atom. The molecule has 0 atom stereocenters. The molecule has 0 spiro atoms. The maximum absolute atomic E-state index is 13.9. The number of benzene rings is 1. The number of piperidine rings is 1. The number of aromatic nitrogens is 2. The van der Waals surface area contributed by atoms with Crippen LogP contribution in [0.5, 0.6) is 0 Å². The number of aryl methyl sites for hydroxylation is 1. The molecule has 8 nitrogen and oxygen atoms in total. The van der Waals surface area contributed by atoms with E-state index in [2.05, 4.69) is 15.5 Å². The third kappa shape index (κ3) is 5.23. The van der Waals surface area contributed by atoms with Gasteiger partial charge in [0, 0.05) is 30.8 Å². The van der Waals surface area contributed by atoms with Crippen LogP contribution in [-0.4, -0.2) is 41.9 Å². The molecule has 1 aromatic carbocycles. The third-order valence-corrected chi connectivity index (χ3v) is 7.80. The summed E-state index contributed by atoms with van der Waals surface area (Å²) in [5.41, 5.74) is 1.29. The predicted octanol–water partition coefficient (Wildman–Crippen LogP) is 3.40. The van der Waals surface area contributed by atoms with Crippen molar-refractivity contribution in [2.24, 2.45) is 5.92 Å². The molecule has 34 heavy (non-hydrogen) atoms. The number of nitrogens with zero attached hydrogens (tertiary/aromatic N) is 3. The molecule has 0 saturated carbocycles. The highest BCUT2D eigenvalue weighted by atomic mass is 32.2. The minimum Gasteiger partial charge on any atom is -0.355 e. The maximum Gasteiger partial charge on any atom is 0.248 e. The van der Waals surface area contributed by atoms with Crippen LogP contribution in [0.1, 0.15) is 35.6 Å². The first kappa shape index (κ1) is 23.8. The lowest BCUT2D eigenvalue weighted by atomic mass is 9.97. The Bertz CT molecular complexity index is 1280. The van der Waals surface area contributed by atoms with Crippen LogP contribution in [0.3, 0.4) is 0 Å². The molecule has 3 heterocycles. The largest absolute Gasteiger partial charge is 0.355 e. The Balaban J connectivity index is 1.42. The van der Waals surface area contributed by atoms with Gasteiger partial charge < -0.3 is 9.84 Å². The maximum atomic E-state index is 13.9. The molecule has 0 radical (unpaired) electrons. The minimum absolute atomic E-state index is 0.0379. The van der Waals surface area contributed by atoms with Gasteiger partial charge in [-0.05, 0) is 50.1 Å². The summed E-state index contributed by atoms with van der Waals surface area (Å²) < 4.78 is 47.2. The fraction of sp³-hybridized carbons (Fsp3) is 0.292. The Morgan fingerprint density at radius 2 is 1.91 bits per heavy atom. The Labute approximate surface area is 197 Å². The lowest BCUT2D eigenvalue weighted by Crippen LogP contribution is -2.43.